The predicted molar refractivity (Wildman–Crippen MR) is 122 cm³/mol. The fourth-order valence-electron chi connectivity index (χ4n) is 3.04. The first-order valence-electron chi connectivity index (χ1n) is 10.0. The van der Waals surface area contributed by atoms with Crippen LogP contribution in [0.15, 0.2) is 57.8 Å². The minimum Gasteiger partial charge on any atom is -0.497 e. The maximum atomic E-state index is 12.3. The number of rotatable bonds is 8. The number of nitrogens with one attached hydrogen (secondary N) is 1. The summed E-state index contributed by atoms with van der Waals surface area (Å²) in [7, 11) is 3.07. The van der Waals surface area contributed by atoms with E-state index in [1.165, 1.54) is 25.3 Å². The lowest BCUT2D eigenvalue weighted by Gasteiger charge is -2.09. The largest absolute Gasteiger partial charge is 0.497 e. The van der Waals surface area contributed by atoms with Crippen molar-refractivity contribution in [1.29, 1.82) is 0 Å². The van der Waals surface area contributed by atoms with Crippen molar-refractivity contribution in [2.24, 2.45) is 0 Å². The van der Waals surface area contributed by atoms with Crippen LogP contribution in [-0.4, -0.2) is 32.9 Å². The lowest BCUT2D eigenvalue weighted by atomic mass is 10.1. The van der Waals surface area contributed by atoms with E-state index >= 15 is 0 Å². The van der Waals surface area contributed by atoms with Crippen molar-refractivity contribution in [3.63, 3.8) is 0 Å². The molecular formula is C24H23NO8. The Labute approximate surface area is 189 Å². The van der Waals surface area contributed by atoms with Crippen molar-refractivity contribution in [3.05, 3.63) is 70.1 Å². The maximum absolute atomic E-state index is 12.3. The molecule has 0 spiro atoms. The molecule has 33 heavy (non-hydrogen) atoms. The number of amides is 1. The van der Waals surface area contributed by atoms with Crippen LogP contribution < -0.4 is 20.4 Å². The molecule has 1 aromatic heterocycles. The van der Waals surface area contributed by atoms with E-state index in [1.54, 1.807) is 50.4 Å². The fraction of sp³-hybridized carbons (Fsp3) is 0.208. The van der Waals surface area contributed by atoms with Crippen LogP contribution in [0.1, 0.15) is 18.1 Å². The van der Waals surface area contributed by atoms with E-state index in [0.717, 1.165) is 0 Å². The minimum atomic E-state index is -0.622. The lowest BCUT2D eigenvalue weighted by molar-refractivity contribution is -0.138. The van der Waals surface area contributed by atoms with Crippen LogP contribution in [-0.2, 0) is 20.9 Å². The van der Waals surface area contributed by atoms with Gasteiger partial charge in [0.05, 0.1) is 20.8 Å². The number of benzene rings is 2. The third kappa shape index (κ3) is 6.13. The molecule has 0 saturated heterocycles. The summed E-state index contributed by atoms with van der Waals surface area (Å²) in [6, 6.07) is 11.2. The molecule has 2 aromatic carbocycles. The number of carbonyl (C=O) groups is 2. The summed E-state index contributed by atoms with van der Waals surface area (Å²) in [6.07, 6.45) is 2.18. The zero-order valence-electron chi connectivity index (χ0n) is 18.4. The monoisotopic (exact) mass is 453 g/mol. The number of hydrogen-bond acceptors (Lipinski definition) is 8. The van der Waals surface area contributed by atoms with Crippen LogP contribution in [0.4, 0.5) is 10.5 Å². The first-order valence-corrected chi connectivity index (χ1v) is 10.0. The molecule has 9 heteroatoms. The summed E-state index contributed by atoms with van der Waals surface area (Å²) in [6.45, 7) is 1.77. The van der Waals surface area contributed by atoms with Crippen LogP contribution in [0.25, 0.3) is 17.0 Å². The molecule has 0 unspecified atom stereocenters. The Morgan fingerprint density at radius 3 is 2.58 bits per heavy atom. The van der Waals surface area contributed by atoms with Crippen LogP contribution in [0, 0.1) is 0 Å². The van der Waals surface area contributed by atoms with Crippen LogP contribution in [0.3, 0.4) is 0 Å². The van der Waals surface area contributed by atoms with E-state index in [9.17, 15) is 14.4 Å². The smallest absolute Gasteiger partial charge is 0.411 e. The summed E-state index contributed by atoms with van der Waals surface area (Å²) in [5.74, 6) is 0.573. The average molecular weight is 453 g/mol. The quantitative estimate of drug-likeness (QED) is 0.308. The number of methoxy groups -OCH3 is 2. The van der Waals surface area contributed by atoms with Gasteiger partial charge in [0.1, 0.15) is 23.7 Å². The Morgan fingerprint density at radius 2 is 1.85 bits per heavy atom. The second-order valence-corrected chi connectivity index (χ2v) is 6.70. The van der Waals surface area contributed by atoms with Crippen LogP contribution >= 0.6 is 0 Å². The highest BCUT2D eigenvalue weighted by Gasteiger charge is 2.11. The molecule has 0 saturated carbocycles. The molecule has 0 aliphatic rings. The number of carbonyl (C=O) groups excluding carboxylic acids is 2. The topological polar surface area (TPSA) is 113 Å². The van der Waals surface area contributed by atoms with Gasteiger partial charge in [-0.05, 0) is 43.3 Å². The standard InChI is InChI=1S/C24H23NO8/c1-4-31-24(28)25-17-6-8-19-16(12-23(27)33-21(19)13-17)14-32-22(26)10-5-15-11-18(29-2)7-9-20(15)30-3/h5-13H,4,14H2,1-3H3,(H,25,28)/b10-5+. The summed E-state index contributed by atoms with van der Waals surface area (Å²) < 4.78 is 25.8. The Balaban J connectivity index is 1.74. The van der Waals surface area contributed by atoms with Gasteiger partial charge in [-0.3, -0.25) is 5.32 Å². The highest BCUT2D eigenvalue weighted by atomic mass is 16.5. The number of esters is 1. The van der Waals surface area contributed by atoms with Gasteiger partial charge in [0.25, 0.3) is 0 Å². The van der Waals surface area contributed by atoms with E-state index in [2.05, 4.69) is 5.32 Å². The van der Waals surface area contributed by atoms with Crippen molar-refractivity contribution < 1.29 is 33.0 Å². The molecule has 1 amide bonds. The zero-order valence-corrected chi connectivity index (χ0v) is 18.4. The van der Waals surface area contributed by atoms with E-state index in [1.807, 2.05) is 0 Å². The van der Waals surface area contributed by atoms with Gasteiger partial charge in [-0.15, -0.1) is 0 Å². The first kappa shape index (κ1) is 23.4. The molecule has 0 bridgehead atoms. The first-order chi connectivity index (χ1) is 15.9. The van der Waals surface area contributed by atoms with Crippen LogP contribution in [0.2, 0.25) is 0 Å². The van der Waals surface area contributed by atoms with Crippen molar-refractivity contribution in [2.45, 2.75) is 13.5 Å². The molecule has 0 radical (unpaired) electrons. The van der Waals surface area contributed by atoms with Gasteiger partial charge in [-0.2, -0.15) is 0 Å². The lowest BCUT2D eigenvalue weighted by Crippen LogP contribution is -2.13. The maximum Gasteiger partial charge on any atom is 0.411 e. The Bertz CT molecular complexity index is 1240. The SMILES string of the molecule is CCOC(=O)Nc1ccc2c(COC(=O)/C=C/c3cc(OC)ccc3OC)cc(=O)oc2c1. The predicted octanol–water partition coefficient (Wildman–Crippen LogP) is 4.14. The summed E-state index contributed by atoms with van der Waals surface area (Å²) in [4.78, 5) is 35.8. The highest BCUT2D eigenvalue weighted by molar-refractivity contribution is 5.90. The molecule has 0 fully saturated rings. The highest BCUT2D eigenvalue weighted by Crippen LogP contribution is 2.25. The average Bonchev–Trinajstić information content (AvgIpc) is 2.80. The van der Waals surface area contributed by atoms with E-state index < -0.39 is 17.7 Å². The number of hydrogen-bond donors (Lipinski definition) is 1. The molecule has 1 heterocycles. The molecule has 1 N–H and O–H groups in total. The summed E-state index contributed by atoms with van der Waals surface area (Å²) in [5.41, 5.74) is 1.12. The van der Waals surface area contributed by atoms with Crippen molar-refractivity contribution in [2.75, 3.05) is 26.1 Å². The van der Waals surface area contributed by atoms with Gasteiger partial charge in [-0.1, -0.05) is 0 Å². The molecule has 0 aliphatic carbocycles. The molecule has 3 rings (SSSR count). The normalized spacial score (nSPS) is 10.8. The number of ether oxygens (including phenoxy) is 4. The number of anilines is 1. The molecule has 0 atom stereocenters. The second-order valence-electron chi connectivity index (χ2n) is 6.70. The van der Waals surface area contributed by atoms with Gasteiger partial charge in [-0.25, -0.2) is 14.4 Å². The molecule has 3 aromatic rings. The summed E-state index contributed by atoms with van der Waals surface area (Å²) in [5, 5.41) is 3.10. The van der Waals surface area contributed by atoms with E-state index in [-0.39, 0.29) is 18.8 Å². The Kier molecular flexibility index (Phi) is 7.69. The van der Waals surface area contributed by atoms with Gasteiger partial charge < -0.3 is 23.4 Å². The van der Waals surface area contributed by atoms with Crippen molar-refractivity contribution in [3.8, 4) is 11.5 Å². The minimum absolute atomic E-state index is 0.148. The third-order valence-corrected chi connectivity index (χ3v) is 4.56. The molecule has 9 nitrogen and oxygen atoms in total. The summed E-state index contributed by atoms with van der Waals surface area (Å²) >= 11 is 0. The zero-order chi connectivity index (χ0) is 23.8. The van der Waals surface area contributed by atoms with Crippen LogP contribution in [0.5, 0.6) is 11.5 Å². The second kappa shape index (κ2) is 10.9. The van der Waals surface area contributed by atoms with Gasteiger partial charge >= 0.3 is 17.7 Å². The van der Waals surface area contributed by atoms with E-state index in [4.69, 9.17) is 23.4 Å². The van der Waals surface area contributed by atoms with Gasteiger partial charge in [0, 0.05) is 40.4 Å². The Hall–Kier alpha value is -4.27. The van der Waals surface area contributed by atoms with Crippen molar-refractivity contribution in [1.82, 2.24) is 0 Å². The molecular weight excluding hydrogens is 430 g/mol. The third-order valence-electron chi connectivity index (χ3n) is 4.56. The Morgan fingerprint density at radius 1 is 1.03 bits per heavy atom. The van der Waals surface area contributed by atoms with Crippen molar-refractivity contribution >= 4 is 34.8 Å². The number of fused-ring (bicyclic) bond motifs is 1. The van der Waals surface area contributed by atoms with Gasteiger partial charge in [0.15, 0.2) is 0 Å². The molecule has 172 valence electrons. The molecule has 0 aliphatic heterocycles. The fourth-order valence-corrected chi connectivity index (χ4v) is 3.04. The van der Waals surface area contributed by atoms with E-state index in [0.29, 0.717) is 33.7 Å². The van der Waals surface area contributed by atoms with Gasteiger partial charge in [0.2, 0.25) is 0 Å².